The van der Waals surface area contributed by atoms with Crippen molar-refractivity contribution in [3.05, 3.63) is 27.7 Å². The number of nitrogens with two attached hydrogens (primary N) is 1. The zero-order chi connectivity index (χ0) is 13.0. The van der Waals surface area contributed by atoms with Crippen molar-refractivity contribution in [2.75, 3.05) is 0 Å². The molecule has 0 saturated heterocycles. The predicted molar refractivity (Wildman–Crippen MR) is 67.0 cm³/mol. The fourth-order valence-corrected chi connectivity index (χ4v) is 1.81. The van der Waals surface area contributed by atoms with Gasteiger partial charge in [0.25, 0.3) is 5.91 Å². The van der Waals surface area contributed by atoms with Crippen molar-refractivity contribution in [2.45, 2.75) is 13.0 Å². The van der Waals surface area contributed by atoms with Crippen LogP contribution in [0.5, 0.6) is 5.75 Å². The first kappa shape index (κ1) is 13.8. The van der Waals surface area contributed by atoms with Crippen molar-refractivity contribution < 1.29 is 14.3 Å². The molecule has 1 aromatic carbocycles. The Balaban J connectivity index is 2.70. The molecular weight excluding hydrogens is 311 g/mol. The van der Waals surface area contributed by atoms with E-state index in [0.717, 1.165) is 0 Å². The van der Waals surface area contributed by atoms with E-state index in [0.29, 0.717) is 15.2 Å². The number of ether oxygens (including phenoxy) is 1. The molecule has 1 rings (SSSR count). The summed E-state index contributed by atoms with van der Waals surface area (Å²) < 4.78 is 5.95. The van der Waals surface area contributed by atoms with Gasteiger partial charge in [0.1, 0.15) is 5.75 Å². The molecular formula is C10H10BrClN2O3. The molecule has 17 heavy (non-hydrogen) atoms. The van der Waals surface area contributed by atoms with Crippen molar-refractivity contribution in [3.63, 3.8) is 0 Å². The first-order chi connectivity index (χ1) is 7.90. The third-order valence-corrected chi connectivity index (χ3v) is 2.67. The van der Waals surface area contributed by atoms with Gasteiger partial charge in [0.15, 0.2) is 6.10 Å². The molecule has 0 aliphatic heterocycles. The molecule has 0 fully saturated rings. The highest BCUT2D eigenvalue weighted by molar-refractivity contribution is 9.10. The maximum absolute atomic E-state index is 11.4. The predicted octanol–water partition coefficient (Wildman–Crippen LogP) is 2.06. The number of imide groups is 1. The second-order valence-electron chi connectivity index (χ2n) is 3.19. The van der Waals surface area contributed by atoms with Crippen LogP contribution in [0.15, 0.2) is 22.7 Å². The average Bonchev–Trinajstić information content (AvgIpc) is 2.21. The molecule has 7 heteroatoms. The maximum atomic E-state index is 11.4. The van der Waals surface area contributed by atoms with Gasteiger partial charge in [-0.05, 0) is 41.1 Å². The quantitative estimate of drug-likeness (QED) is 0.894. The van der Waals surface area contributed by atoms with Crippen LogP contribution in [0.1, 0.15) is 6.92 Å². The van der Waals surface area contributed by atoms with Gasteiger partial charge in [-0.15, -0.1) is 0 Å². The number of rotatable bonds is 3. The molecule has 0 aromatic heterocycles. The number of primary amides is 1. The molecule has 92 valence electrons. The van der Waals surface area contributed by atoms with Crippen LogP contribution in [-0.4, -0.2) is 18.0 Å². The summed E-state index contributed by atoms with van der Waals surface area (Å²) in [7, 11) is 0. The minimum atomic E-state index is -0.916. The monoisotopic (exact) mass is 320 g/mol. The third-order valence-electron chi connectivity index (χ3n) is 1.81. The SMILES string of the molecule is CC(Oc1ccc(Cl)cc1Br)C(=O)NC(N)=O. The average molecular weight is 322 g/mol. The van der Waals surface area contributed by atoms with Crippen molar-refractivity contribution in [2.24, 2.45) is 5.73 Å². The molecule has 0 aliphatic carbocycles. The minimum Gasteiger partial charge on any atom is -0.480 e. The highest BCUT2D eigenvalue weighted by Crippen LogP contribution is 2.28. The summed E-state index contributed by atoms with van der Waals surface area (Å²) >= 11 is 9.00. The molecule has 3 amide bonds. The van der Waals surface area contributed by atoms with Gasteiger partial charge in [0, 0.05) is 5.02 Å². The molecule has 1 unspecified atom stereocenters. The summed E-state index contributed by atoms with van der Waals surface area (Å²) in [4.78, 5) is 21.8. The van der Waals surface area contributed by atoms with Crippen LogP contribution < -0.4 is 15.8 Å². The Labute approximate surface area is 111 Å². The number of hydrogen-bond acceptors (Lipinski definition) is 3. The summed E-state index contributed by atoms with van der Waals surface area (Å²) in [6, 6.07) is 3.96. The Kier molecular flexibility index (Phi) is 4.77. The second-order valence-corrected chi connectivity index (χ2v) is 4.48. The van der Waals surface area contributed by atoms with E-state index in [1.165, 1.54) is 6.92 Å². The number of nitrogens with one attached hydrogen (secondary N) is 1. The minimum absolute atomic E-state index is 0.446. The van der Waals surface area contributed by atoms with Gasteiger partial charge in [-0.3, -0.25) is 10.1 Å². The van der Waals surface area contributed by atoms with Crippen LogP contribution >= 0.6 is 27.5 Å². The Bertz CT molecular complexity index is 453. The molecule has 0 heterocycles. The lowest BCUT2D eigenvalue weighted by molar-refractivity contribution is -0.126. The lowest BCUT2D eigenvalue weighted by atomic mass is 10.3. The Morgan fingerprint density at radius 2 is 2.18 bits per heavy atom. The number of carbonyl (C=O) groups excluding carboxylic acids is 2. The Morgan fingerprint density at radius 3 is 2.71 bits per heavy atom. The smallest absolute Gasteiger partial charge is 0.318 e. The summed E-state index contributed by atoms with van der Waals surface area (Å²) in [5.74, 6) is -0.166. The van der Waals surface area contributed by atoms with Gasteiger partial charge in [-0.2, -0.15) is 0 Å². The number of halogens is 2. The maximum Gasteiger partial charge on any atom is 0.318 e. The van der Waals surface area contributed by atoms with Crippen molar-refractivity contribution >= 4 is 39.5 Å². The summed E-state index contributed by atoms with van der Waals surface area (Å²) in [5, 5.41) is 2.47. The topological polar surface area (TPSA) is 81.4 Å². The highest BCUT2D eigenvalue weighted by atomic mass is 79.9. The van der Waals surface area contributed by atoms with E-state index < -0.39 is 18.0 Å². The lowest BCUT2D eigenvalue weighted by Crippen LogP contribution is -2.42. The van der Waals surface area contributed by atoms with Crippen LogP contribution in [0.3, 0.4) is 0 Å². The van der Waals surface area contributed by atoms with Crippen molar-refractivity contribution in [1.29, 1.82) is 0 Å². The standard InChI is InChI=1S/C10H10BrClN2O3/c1-5(9(15)14-10(13)16)17-8-3-2-6(12)4-7(8)11/h2-5H,1H3,(H3,13,14,15,16). The third kappa shape index (κ3) is 4.24. The first-order valence-electron chi connectivity index (χ1n) is 4.62. The molecule has 0 spiro atoms. The summed E-state index contributed by atoms with van der Waals surface area (Å²) in [6.07, 6.45) is -0.847. The fraction of sp³-hybridized carbons (Fsp3) is 0.200. The number of hydrogen-bond donors (Lipinski definition) is 2. The Hall–Kier alpha value is -1.27. The van der Waals surface area contributed by atoms with Crippen LogP contribution in [0, 0.1) is 0 Å². The second kappa shape index (κ2) is 5.88. The van der Waals surface area contributed by atoms with Crippen LogP contribution in [0.4, 0.5) is 4.79 Å². The number of carbonyl (C=O) groups is 2. The molecule has 0 aliphatic rings. The van der Waals surface area contributed by atoms with E-state index >= 15 is 0 Å². The van der Waals surface area contributed by atoms with Gasteiger partial charge >= 0.3 is 6.03 Å². The van der Waals surface area contributed by atoms with E-state index in [-0.39, 0.29) is 0 Å². The molecule has 0 saturated carbocycles. The van der Waals surface area contributed by atoms with Crippen LogP contribution in [-0.2, 0) is 4.79 Å². The van der Waals surface area contributed by atoms with Crippen molar-refractivity contribution in [3.8, 4) is 5.75 Å². The first-order valence-corrected chi connectivity index (χ1v) is 5.79. The fourth-order valence-electron chi connectivity index (χ4n) is 1.04. The van der Waals surface area contributed by atoms with E-state index in [9.17, 15) is 9.59 Å². The molecule has 3 N–H and O–H groups in total. The zero-order valence-electron chi connectivity index (χ0n) is 8.87. The Morgan fingerprint density at radius 1 is 1.53 bits per heavy atom. The molecule has 0 bridgehead atoms. The molecule has 1 aromatic rings. The zero-order valence-corrected chi connectivity index (χ0v) is 11.2. The van der Waals surface area contributed by atoms with E-state index in [1.54, 1.807) is 18.2 Å². The highest BCUT2D eigenvalue weighted by Gasteiger charge is 2.17. The number of amides is 3. The van der Waals surface area contributed by atoms with Gasteiger partial charge in [-0.1, -0.05) is 11.6 Å². The van der Waals surface area contributed by atoms with Crippen LogP contribution in [0.2, 0.25) is 5.02 Å². The van der Waals surface area contributed by atoms with E-state index in [1.807, 2.05) is 5.32 Å². The summed E-state index contributed by atoms with van der Waals surface area (Å²) in [6.45, 7) is 1.50. The normalized spacial score (nSPS) is 11.7. The van der Waals surface area contributed by atoms with Crippen molar-refractivity contribution in [1.82, 2.24) is 5.32 Å². The number of urea groups is 1. The van der Waals surface area contributed by atoms with E-state index in [2.05, 4.69) is 15.9 Å². The molecule has 5 nitrogen and oxygen atoms in total. The number of benzene rings is 1. The molecule has 0 radical (unpaired) electrons. The summed E-state index contributed by atoms with van der Waals surface area (Å²) in [5.41, 5.74) is 4.82. The van der Waals surface area contributed by atoms with Crippen LogP contribution in [0.25, 0.3) is 0 Å². The molecule has 1 atom stereocenters. The lowest BCUT2D eigenvalue weighted by Gasteiger charge is -2.14. The largest absolute Gasteiger partial charge is 0.480 e. The van der Waals surface area contributed by atoms with Gasteiger partial charge in [0.2, 0.25) is 0 Å². The van der Waals surface area contributed by atoms with Gasteiger partial charge < -0.3 is 10.5 Å². The van der Waals surface area contributed by atoms with E-state index in [4.69, 9.17) is 22.1 Å². The van der Waals surface area contributed by atoms with Gasteiger partial charge in [0.05, 0.1) is 4.47 Å². The van der Waals surface area contributed by atoms with Gasteiger partial charge in [-0.25, -0.2) is 4.79 Å².